The Morgan fingerprint density at radius 3 is 2.50 bits per heavy atom. The predicted molar refractivity (Wildman–Crippen MR) is 82.8 cm³/mol. The fraction of sp³-hybridized carbons (Fsp3) is 0.294. The van der Waals surface area contributed by atoms with Gasteiger partial charge < -0.3 is 9.47 Å². The van der Waals surface area contributed by atoms with E-state index in [4.69, 9.17) is 9.47 Å². The highest BCUT2D eigenvalue weighted by molar-refractivity contribution is 9.10. The first-order chi connectivity index (χ1) is 9.73. The van der Waals surface area contributed by atoms with Crippen molar-refractivity contribution in [2.24, 2.45) is 0 Å². The molecule has 2 aromatic rings. The van der Waals surface area contributed by atoms with Crippen molar-refractivity contribution in [2.75, 3.05) is 7.11 Å². The Bertz CT molecular complexity index is 591. The quantitative estimate of drug-likeness (QED) is 0.792. The average Bonchev–Trinajstić information content (AvgIpc) is 3.27. The van der Waals surface area contributed by atoms with Gasteiger partial charge in [-0.3, -0.25) is 0 Å². The second-order valence-corrected chi connectivity index (χ2v) is 6.03. The van der Waals surface area contributed by atoms with Crippen LogP contribution in [0.25, 0.3) is 0 Å². The third kappa shape index (κ3) is 2.74. The van der Waals surface area contributed by atoms with Crippen LogP contribution in [0.5, 0.6) is 5.75 Å². The zero-order valence-electron chi connectivity index (χ0n) is 11.4. The molecule has 0 saturated heterocycles. The van der Waals surface area contributed by atoms with Crippen LogP contribution in [-0.2, 0) is 16.9 Å². The van der Waals surface area contributed by atoms with Gasteiger partial charge in [-0.1, -0.05) is 52.3 Å². The Balaban J connectivity index is 1.83. The van der Waals surface area contributed by atoms with E-state index < -0.39 is 0 Å². The molecule has 0 unspecified atom stereocenters. The van der Waals surface area contributed by atoms with Crippen molar-refractivity contribution in [3.8, 4) is 5.75 Å². The first kappa shape index (κ1) is 13.7. The standard InChI is InChI=1S/C17H17BrO2/c1-19-17(9-10-17)15-8-7-14(18)11-16(15)20-12-13-5-3-2-4-6-13/h2-8,11H,9-10,12H2,1H3. The normalized spacial score (nSPS) is 15.9. The van der Waals surface area contributed by atoms with Gasteiger partial charge in [0.15, 0.2) is 0 Å². The summed E-state index contributed by atoms with van der Waals surface area (Å²) in [6, 6.07) is 16.4. The van der Waals surface area contributed by atoms with Crippen LogP contribution in [0, 0.1) is 0 Å². The molecule has 0 N–H and O–H groups in total. The molecule has 0 spiro atoms. The number of benzene rings is 2. The van der Waals surface area contributed by atoms with Crippen molar-refractivity contribution >= 4 is 15.9 Å². The minimum atomic E-state index is -0.132. The maximum atomic E-state index is 6.02. The first-order valence-electron chi connectivity index (χ1n) is 6.75. The van der Waals surface area contributed by atoms with Crippen LogP contribution in [0.2, 0.25) is 0 Å². The SMILES string of the molecule is COC1(c2ccc(Br)cc2OCc2ccccc2)CC1. The molecule has 2 nitrogen and oxygen atoms in total. The molecule has 1 aliphatic rings. The summed E-state index contributed by atoms with van der Waals surface area (Å²) in [6.07, 6.45) is 2.12. The molecular weight excluding hydrogens is 316 g/mol. The minimum absolute atomic E-state index is 0.132. The summed E-state index contributed by atoms with van der Waals surface area (Å²) in [5, 5.41) is 0. The molecule has 1 saturated carbocycles. The fourth-order valence-corrected chi connectivity index (χ4v) is 2.76. The summed E-state index contributed by atoms with van der Waals surface area (Å²) in [4.78, 5) is 0. The fourth-order valence-electron chi connectivity index (χ4n) is 2.42. The van der Waals surface area contributed by atoms with E-state index in [-0.39, 0.29) is 5.60 Å². The molecular formula is C17H17BrO2. The van der Waals surface area contributed by atoms with Crippen molar-refractivity contribution in [1.82, 2.24) is 0 Å². The minimum Gasteiger partial charge on any atom is -0.488 e. The maximum Gasteiger partial charge on any atom is 0.127 e. The molecule has 3 rings (SSSR count). The number of rotatable bonds is 5. The van der Waals surface area contributed by atoms with Gasteiger partial charge in [0.05, 0.1) is 5.60 Å². The van der Waals surface area contributed by atoms with Gasteiger partial charge >= 0.3 is 0 Å². The van der Waals surface area contributed by atoms with Gasteiger partial charge in [-0.25, -0.2) is 0 Å². The molecule has 1 aliphatic carbocycles. The lowest BCUT2D eigenvalue weighted by Gasteiger charge is -2.19. The van der Waals surface area contributed by atoms with Gasteiger partial charge in [-0.15, -0.1) is 0 Å². The third-order valence-corrected chi connectivity index (χ3v) is 4.26. The smallest absolute Gasteiger partial charge is 0.127 e. The topological polar surface area (TPSA) is 18.5 Å². The largest absolute Gasteiger partial charge is 0.488 e. The summed E-state index contributed by atoms with van der Waals surface area (Å²) in [6.45, 7) is 0.573. The zero-order chi connectivity index (χ0) is 14.0. The summed E-state index contributed by atoms with van der Waals surface area (Å²) in [5.41, 5.74) is 2.19. The first-order valence-corrected chi connectivity index (χ1v) is 7.55. The van der Waals surface area contributed by atoms with E-state index in [2.05, 4.69) is 34.1 Å². The van der Waals surface area contributed by atoms with E-state index in [0.717, 1.165) is 28.6 Å². The van der Waals surface area contributed by atoms with E-state index in [9.17, 15) is 0 Å². The van der Waals surface area contributed by atoms with Crippen LogP contribution in [0.4, 0.5) is 0 Å². The molecule has 0 atom stereocenters. The van der Waals surface area contributed by atoms with Gasteiger partial charge in [0.2, 0.25) is 0 Å². The number of methoxy groups -OCH3 is 1. The van der Waals surface area contributed by atoms with Crippen LogP contribution >= 0.6 is 15.9 Å². The molecule has 0 aromatic heterocycles. The summed E-state index contributed by atoms with van der Waals surface area (Å²) < 4.78 is 12.7. The van der Waals surface area contributed by atoms with Crippen LogP contribution in [0.3, 0.4) is 0 Å². The van der Waals surface area contributed by atoms with Gasteiger partial charge in [0.1, 0.15) is 12.4 Å². The van der Waals surface area contributed by atoms with Crippen LogP contribution in [-0.4, -0.2) is 7.11 Å². The van der Waals surface area contributed by atoms with Gasteiger partial charge in [-0.2, -0.15) is 0 Å². The van der Waals surface area contributed by atoms with E-state index in [1.807, 2.05) is 30.3 Å². The van der Waals surface area contributed by atoms with Crippen LogP contribution < -0.4 is 4.74 Å². The van der Waals surface area contributed by atoms with Crippen molar-refractivity contribution in [1.29, 1.82) is 0 Å². The average molecular weight is 333 g/mol. The molecule has 2 aromatic carbocycles. The Hall–Kier alpha value is -1.32. The number of halogens is 1. The molecule has 0 radical (unpaired) electrons. The summed E-state index contributed by atoms with van der Waals surface area (Å²) in [5.74, 6) is 0.905. The second kappa shape index (κ2) is 5.58. The Morgan fingerprint density at radius 1 is 1.10 bits per heavy atom. The zero-order valence-corrected chi connectivity index (χ0v) is 13.0. The molecule has 20 heavy (non-hydrogen) atoms. The van der Waals surface area contributed by atoms with Crippen molar-refractivity contribution < 1.29 is 9.47 Å². The van der Waals surface area contributed by atoms with Crippen molar-refractivity contribution in [2.45, 2.75) is 25.0 Å². The van der Waals surface area contributed by atoms with Crippen molar-refractivity contribution in [3.05, 3.63) is 64.1 Å². The highest BCUT2D eigenvalue weighted by Gasteiger charge is 2.46. The Labute approximate surface area is 127 Å². The van der Waals surface area contributed by atoms with Gasteiger partial charge in [0.25, 0.3) is 0 Å². The molecule has 1 fully saturated rings. The van der Waals surface area contributed by atoms with Gasteiger partial charge in [-0.05, 0) is 30.5 Å². The number of hydrogen-bond acceptors (Lipinski definition) is 2. The van der Waals surface area contributed by atoms with Crippen molar-refractivity contribution in [3.63, 3.8) is 0 Å². The lowest BCUT2D eigenvalue weighted by atomic mass is 10.1. The maximum absolute atomic E-state index is 6.02. The van der Waals surface area contributed by atoms with E-state index in [0.29, 0.717) is 6.61 Å². The highest BCUT2D eigenvalue weighted by Crippen LogP contribution is 2.52. The highest BCUT2D eigenvalue weighted by atomic mass is 79.9. The summed E-state index contributed by atoms with van der Waals surface area (Å²) >= 11 is 3.51. The van der Waals surface area contributed by atoms with E-state index >= 15 is 0 Å². The monoisotopic (exact) mass is 332 g/mol. The lowest BCUT2D eigenvalue weighted by molar-refractivity contribution is 0.0755. The van der Waals surface area contributed by atoms with Crippen LogP contribution in [0.15, 0.2) is 53.0 Å². The molecule has 0 amide bonds. The second-order valence-electron chi connectivity index (χ2n) is 5.11. The number of ether oxygens (including phenoxy) is 2. The molecule has 3 heteroatoms. The lowest BCUT2D eigenvalue weighted by Crippen LogP contribution is -2.11. The number of hydrogen-bond donors (Lipinski definition) is 0. The molecule has 104 valence electrons. The summed E-state index contributed by atoms with van der Waals surface area (Å²) in [7, 11) is 1.77. The Kier molecular flexibility index (Phi) is 3.81. The Morgan fingerprint density at radius 2 is 1.85 bits per heavy atom. The van der Waals surface area contributed by atoms with Gasteiger partial charge in [0, 0.05) is 17.1 Å². The third-order valence-electron chi connectivity index (χ3n) is 3.77. The van der Waals surface area contributed by atoms with E-state index in [1.54, 1.807) is 7.11 Å². The molecule has 0 bridgehead atoms. The molecule has 0 aliphatic heterocycles. The molecule has 0 heterocycles. The predicted octanol–water partition coefficient (Wildman–Crippen LogP) is 4.66. The van der Waals surface area contributed by atoms with E-state index in [1.165, 1.54) is 5.56 Å². The van der Waals surface area contributed by atoms with Crippen LogP contribution in [0.1, 0.15) is 24.0 Å².